The molecule has 1 N–H and O–H groups in total. The van der Waals surface area contributed by atoms with Gasteiger partial charge in [0, 0.05) is 19.3 Å². The largest absolute Gasteiger partial charge is 0.469 e. The van der Waals surface area contributed by atoms with Gasteiger partial charge in [-0.05, 0) is 43.2 Å². The van der Waals surface area contributed by atoms with Crippen molar-refractivity contribution in [2.45, 2.75) is 25.3 Å². The van der Waals surface area contributed by atoms with Crippen LogP contribution in [0.4, 0.5) is 0 Å². The van der Waals surface area contributed by atoms with E-state index in [2.05, 4.69) is 5.32 Å². The van der Waals surface area contributed by atoms with Crippen LogP contribution in [0.15, 0.2) is 18.3 Å². The first-order valence-electron chi connectivity index (χ1n) is 7.12. The Balaban J connectivity index is 1.77. The van der Waals surface area contributed by atoms with Crippen LogP contribution >= 0.6 is 0 Å². The molecular weight excluding hydrogens is 256 g/mol. The van der Waals surface area contributed by atoms with E-state index in [1.165, 1.54) is 7.11 Å². The molecule has 0 aliphatic heterocycles. The molecule has 2 bridgehead atoms. The Hall–Kier alpha value is -1.78. The third-order valence-electron chi connectivity index (χ3n) is 4.86. The number of aromatic nitrogens is 1. The van der Waals surface area contributed by atoms with Crippen molar-refractivity contribution in [1.29, 1.82) is 0 Å². The second kappa shape index (κ2) is 4.96. The van der Waals surface area contributed by atoms with Crippen LogP contribution in [0, 0.1) is 17.8 Å². The normalized spacial score (nSPS) is 31.3. The van der Waals surface area contributed by atoms with E-state index in [0.29, 0.717) is 17.5 Å². The fourth-order valence-electron chi connectivity index (χ4n) is 3.90. The number of fused-ring (bicyclic) bond motifs is 2. The highest BCUT2D eigenvalue weighted by Gasteiger charge is 2.52. The van der Waals surface area contributed by atoms with Gasteiger partial charge in [-0.25, -0.2) is 0 Å². The molecule has 0 spiro atoms. The van der Waals surface area contributed by atoms with Crippen LogP contribution in [0.1, 0.15) is 29.8 Å². The molecular formula is C15H20N2O3. The molecule has 5 nitrogen and oxygen atoms in total. The van der Waals surface area contributed by atoms with Gasteiger partial charge in [0.25, 0.3) is 5.91 Å². The van der Waals surface area contributed by atoms with Crippen molar-refractivity contribution in [2.75, 3.05) is 7.11 Å². The van der Waals surface area contributed by atoms with Crippen molar-refractivity contribution in [3.05, 3.63) is 24.0 Å². The summed E-state index contributed by atoms with van der Waals surface area (Å²) in [5.74, 6) is 0.306. The van der Waals surface area contributed by atoms with Crippen molar-refractivity contribution in [2.24, 2.45) is 24.8 Å². The lowest BCUT2D eigenvalue weighted by molar-refractivity contribution is -0.148. The molecule has 1 amide bonds. The van der Waals surface area contributed by atoms with E-state index >= 15 is 0 Å². The van der Waals surface area contributed by atoms with Gasteiger partial charge in [-0.1, -0.05) is 0 Å². The number of esters is 1. The van der Waals surface area contributed by atoms with Crippen LogP contribution in [0.25, 0.3) is 0 Å². The molecule has 0 saturated heterocycles. The third-order valence-corrected chi connectivity index (χ3v) is 4.86. The molecule has 2 aliphatic rings. The summed E-state index contributed by atoms with van der Waals surface area (Å²) in [6.07, 6.45) is 5.03. The Morgan fingerprint density at radius 2 is 2.10 bits per heavy atom. The first-order chi connectivity index (χ1) is 9.61. The van der Waals surface area contributed by atoms with Crippen molar-refractivity contribution >= 4 is 11.9 Å². The Kier molecular flexibility index (Phi) is 3.28. The van der Waals surface area contributed by atoms with Gasteiger partial charge in [0.05, 0.1) is 13.0 Å². The summed E-state index contributed by atoms with van der Waals surface area (Å²) < 4.78 is 6.70. The molecule has 2 aliphatic carbocycles. The number of hydrogen-bond acceptors (Lipinski definition) is 3. The maximum atomic E-state index is 12.3. The average Bonchev–Trinajstić information content (AvgIpc) is 3.13. The summed E-state index contributed by atoms with van der Waals surface area (Å²) in [6, 6.07) is 3.55. The molecule has 4 atom stereocenters. The monoisotopic (exact) mass is 276 g/mol. The summed E-state index contributed by atoms with van der Waals surface area (Å²) in [5.41, 5.74) is 0.622. The summed E-state index contributed by atoms with van der Waals surface area (Å²) in [5, 5.41) is 3.06. The van der Waals surface area contributed by atoms with Gasteiger partial charge in [-0.3, -0.25) is 9.59 Å². The van der Waals surface area contributed by atoms with E-state index < -0.39 is 0 Å². The Labute approximate surface area is 118 Å². The maximum absolute atomic E-state index is 12.3. The van der Waals surface area contributed by atoms with E-state index in [4.69, 9.17) is 4.74 Å². The molecule has 3 rings (SSSR count). The Morgan fingerprint density at radius 3 is 2.75 bits per heavy atom. The summed E-state index contributed by atoms with van der Waals surface area (Å²) in [7, 11) is 3.26. The predicted octanol–water partition coefficient (Wildman–Crippen LogP) is 1.34. The molecule has 1 aromatic rings. The van der Waals surface area contributed by atoms with Crippen molar-refractivity contribution in [3.63, 3.8) is 0 Å². The van der Waals surface area contributed by atoms with Crippen LogP contribution in [-0.4, -0.2) is 29.6 Å². The van der Waals surface area contributed by atoms with E-state index in [-0.39, 0.29) is 23.8 Å². The first kappa shape index (κ1) is 13.2. The molecule has 0 aromatic carbocycles. The van der Waals surface area contributed by atoms with Crippen LogP contribution in [0.3, 0.4) is 0 Å². The molecule has 108 valence electrons. The molecule has 0 radical (unpaired) electrons. The fraction of sp³-hybridized carbons (Fsp3) is 0.600. The summed E-state index contributed by atoms with van der Waals surface area (Å²) in [4.78, 5) is 24.3. The zero-order chi connectivity index (χ0) is 14.3. The molecule has 0 unspecified atom stereocenters. The summed E-state index contributed by atoms with van der Waals surface area (Å²) in [6.45, 7) is 0. The van der Waals surface area contributed by atoms with Crippen molar-refractivity contribution in [1.82, 2.24) is 9.88 Å². The van der Waals surface area contributed by atoms with Crippen molar-refractivity contribution < 1.29 is 14.3 Å². The quantitative estimate of drug-likeness (QED) is 0.848. The zero-order valence-electron chi connectivity index (χ0n) is 11.8. The number of carbonyl (C=O) groups is 2. The van der Waals surface area contributed by atoms with E-state index in [0.717, 1.165) is 19.3 Å². The third kappa shape index (κ3) is 2.01. The minimum Gasteiger partial charge on any atom is -0.469 e. The lowest BCUT2D eigenvalue weighted by Crippen LogP contribution is -2.47. The van der Waals surface area contributed by atoms with Crippen molar-refractivity contribution in [3.8, 4) is 0 Å². The molecule has 2 saturated carbocycles. The van der Waals surface area contributed by atoms with E-state index in [9.17, 15) is 9.59 Å². The average molecular weight is 276 g/mol. The Bertz CT molecular complexity index is 537. The molecule has 5 heteroatoms. The SMILES string of the molecule is COC(=O)[C@H]1[C@H]2CC[C@@H](C2)[C@@H]1NC(=O)c1cccn1C. The minimum atomic E-state index is -0.186. The second-order valence-corrected chi connectivity index (χ2v) is 5.89. The highest BCUT2D eigenvalue weighted by Crippen LogP contribution is 2.48. The van der Waals surface area contributed by atoms with Gasteiger partial charge in [0.1, 0.15) is 5.69 Å². The first-order valence-corrected chi connectivity index (χ1v) is 7.12. The second-order valence-electron chi connectivity index (χ2n) is 5.89. The molecule has 1 aromatic heterocycles. The van der Waals surface area contributed by atoms with E-state index in [1.807, 2.05) is 19.3 Å². The topological polar surface area (TPSA) is 60.3 Å². The number of carbonyl (C=O) groups excluding carboxylic acids is 2. The van der Waals surface area contributed by atoms with Crippen LogP contribution in [-0.2, 0) is 16.6 Å². The van der Waals surface area contributed by atoms with Crippen LogP contribution < -0.4 is 5.32 Å². The van der Waals surface area contributed by atoms with Gasteiger partial charge in [0.15, 0.2) is 0 Å². The number of nitrogens with one attached hydrogen (secondary N) is 1. The van der Waals surface area contributed by atoms with Gasteiger partial charge in [0.2, 0.25) is 0 Å². The Morgan fingerprint density at radius 1 is 1.35 bits per heavy atom. The van der Waals surface area contributed by atoms with Gasteiger partial charge >= 0.3 is 5.97 Å². The number of hydrogen-bond donors (Lipinski definition) is 1. The number of aryl methyl sites for hydroxylation is 1. The minimum absolute atomic E-state index is 0.0800. The van der Waals surface area contributed by atoms with E-state index in [1.54, 1.807) is 10.6 Å². The number of ether oxygens (including phenoxy) is 1. The maximum Gasteiger partial charge on any atom is 0.311 e. The van der Waals surface area contributed by atoms with Crippen LogP contribution in [0.5, 0.6) is 0 Å². The summed E-state index contributed by atoms with van der Waals surface area (Å²) >= 11 is 0. The van der Waals surface area contributed by atoms with Gasteiger partial charge in [-0.15, -0.1) is 0 Å². The van der Waals surface area contributed by atoms with Gasteiger partial charge < -0.3 is 14.6 Å². The molecule has 1 heterocycles. The lowest BCUT2D eigenvalue weighted by atomic mass is 9.84. The molecule has 20 heavy (non-hydrogen) atoms. The smallest absolute Gasteiger partial charge is 0.311 e. The number of rotatable bonds is 3. The van der Waals surface area contributed by atoms with Crippen LogP contribution in [0.2, 0.25) is 0 Å². The molecule has 2 fully saturated rings. The fourth-order valence-corrected chi connectivity index (χ4v) is 3.90. The standard InChI is InChI=1S/C15H20N2O3/c1-17-7-3-4-11(17)14(18)16-13-10-6-5-9(8-10)12(13)15(19)20-2/h3-4,7,9-10,12-13H,5-6,8H2,1-2H3,(H,16,18)/t9-,10-,12-,13-/m0/s1. The zero-order valence-corrected chi connectivity index (χ0v) is 11.8. The highest BCUT2D eigenvalue weighted by atomic mass is 16.5. The number of amides is 1. The number of methoxy groups -OCH3 is 1. The predicted molar refractivity (Wildman–Crippen MR) is 73.0 cm³/mol. The van der Waals surface area contributed by atoms with Gasteiger partial charge in [-0.2, -0.15) is 0 Å². The lowest BCUT2D eigenvalue weighted by Gasteiger charge is -2.29. The highest BCUT2D eigenvalue weighted by molar-refractivity contribution is 5.93. The number of nitrogens with zero attached hydrogens (tertiary/aromatic N) is 1.